The van der Waals surface area contributed by atoms with E-state index in [-0.39, 0.29) is 12.2 Å². The van der Waals surface area contributed by atoms with Gasteiger partial charge in [-0.3, -0.25) is 0 Å². The zero-order valence-electron chi connectivity index (χ0n) is 16.1. The Morgan fingerprint density at radius 1 is 1.00 bits per heavy atom. The topological polar surface area (TPSA) is 98.1 Å². The minimum atomic E-state index is -1.23. The number of carbonyl (C=O) groups excluding carboxylic acids is 2. The van der Waals surface area contributed by atoms with Crippen LogP contribution in [0.3, 0.4) is 0 Å². The standard InChI is InChI=1S/C18H26N2O6/c1-17(2,3)25-15(23)19-8-7-12-11(10-19)9-13(14(21)22)20(12)16(24)26-18(4,5)6/h9H,7-8,10H2,1-6H3,(H,21,22). The lowest BCUT2D eigenvalue weighted by atomic mass is 10.1. The van der Waals surface area contributed by atoms with Gasteiger partial charge in [0.05, 0.1) is 6.54 Å². The molecule has 0 bridgehead atoms. The Balaban J connectivity index is 2.32. The molecule has 1 aliphatic heterocycles. The summed E-state index contributed by atoms with van der Waals surface area (Å²) in [5.74, 6) is -1.23. The summed E-state index contributed by atoms with van der Waals surface area (Å²) in [5, 5.41) is 9.46. The second-order valence-electron chi connectivity index (χ2n) is 8.27. The van der Waals surface area contributed by atoms with Crippen LogP contribution in [0.4, 0.5) is 9.59 Å². The highest BCUT2D eigenvalue weighted by Crippen LogP contribution is 2.26. The van der Waals surface area contributed by atoms with Crippen molar-refractivity contribution in [2.75, 3.05) is 6.54 Å². The molecule has 0 aromatic carbocycles. The SMILES string of the molecule is CC(C)(C)OC(=O)N1CCc2c(cc(C(=O)O)n2C(=O)OC(C)(C)C)C1. The number of carboxylic acids is 1. The van der Waals surface area contributed by atoms with Crippen molar-refractivity contribution >= 4 is 18.2 Å². The molecule has 26 heavy (non-hydrogen) atoms. The van der Waals surface area contributed by atoms with Crippen LogP contribution < -0.4 is 0 Å². The minimum Gasteiger partial charge on any atom is -0.477 e. The van der Waals surface area contributed by atoms with Crippen LogP contribution in [0.2, 0.25) is 0 Å². The molecule has 2 rings (SSSR count). The Bertz CT molecular complexity index is 736. The largest absolute Gasteiger partial charge is 0.477 e. The van der Waals surface area contributed by atoms with Gasteiger partial charge in [-0.25, -0.2) is 19.0 Å². The smallest absolute Gasteiger partial charge is 0.419 e. The lowest BCUT2D eigenvalue weighted by Gasteiger charge is -2.30. The molecule has 0 saturated heterocycles. The molecule has 0 saturated carbocycles. The number of amides is 1. The molecule has 0 fully saturated rings. The number of aromatic carboxylic acids is 1. The van der Waals surface area contributed by atoms with Crippen LogP contribution in [-0.2, 0) is 22.4 Å². The first-order valence-electron chi connectivity index (χ1n) is 8.46. The summed E-state index contributed by atoms with van der Waals surface area (Å²) >= 11 is 0. The number of nitrogens with zero attached hydrogens (tertiary/aromatic N) is 2. The summed E-state index contributed by atoms with van der Waals surface area (Å²) in [7, 11) is 0. The highest BCUT2D eigenvalue weighted by molar-refractivity contribution is 5.92. The number of carbonyl (C=O) groups is 3. The van der Waals surface area contributed by atoms with Crippen LogP contribution in [0.1, 0.15) is 63.3 Å². The van der Waals surface area contributed by atoms with Crippen molar-refractivity contribution in [2.24, 2.45) is 0 Å². The van der Waals surface area contributed by atoms with Gasteiger partial charge >= 0.3 is 18.2 Å². The maximum Gasteiger partial charge on any atom is 0.419 e. The Hall–Kier alpha value is -2.51. The van der Waals surface area contributed by atoms with Gasteiger partial charge in [0.15, 0.2) is 0 Å². The van der Waals surface area contributed by atoms with E-state index in [1.807, 2.05) is 0 Å². The molecule has 144 valence electrons. The second-order valence-corrected chi connectivity index (χ2v) is 8.27. The maximum atomic E-state index is 12.5. The molecule has 1 amide bonds. The predicted octanol–water partition coefficient (Wildman–Crippen LogP) is 3.26. The van der Waals surface area contributed by atoms with Crippen molar-refractivity contribution in [3.63, 3.8) is 0 Å². The molecular weight excluding hydrogens is 340 g/mol. The fourth-order valence-corrected chi connectivity index (χ4v) is 2.69. The first-order valence-corrected chi connectivity index (χ1v) is 8.46. The van der Waals surface area contributed by atoms with Gasteiger partial charge in [0.1, 0.15) is 16.9 Å². The van der Waals surface area contributed by atoms with Gasteiger partial charge in [-0.2, -0.15) is 0 Å². The van der Waals surface area contributed by atoms with E-state index in [2.05, 4.69) is 0 Å². The summed E-state index contributed by atoms with van der Waals surface area (Å²) in [6, 6.07) is 1.41. The number of aromatic nitrogens is 1. The molecule has 8 nitrogen and oxygen atoms in total. The van der Waals surface area contributed by atoms with Gasteiger partial charge in [-0.05, 0) is 53.2 Å². The van der Waals surface area contributed by atoms with Gasteiger partial charge < -0.3 is 19.5 Å². The lowest BCUT2D eigenvalue weighted by molar-refractivity contribution is 0.0222. The monoisotopic (exact) mass is 366 g/mol. The van der Waals surface area contributed by atoms with Crippen molar-refractivity contribution in [2.45, 2.75) is 65.7 Å². The molecule has 2 heterocycles. The van der Waals surface area contributed by atoms with Crippen LogP contribution >= 0.6 is 0 Å². The van der Waals surface area contributed by atoms with E-state index in [4.69, 9.17) is 9.47 Å². The Kier molecular flexibility index (Phi) is 5.07. The highest BCUT2D eigenvalue weighted by Gasteiger charge is 2.33. The molecular formula is C18H26N2O6. The van der Waals surface area contributed by atoms with Crippen LogP contribution in [0, 0.1) is 0 Å². The van der Waals surface area contributed by atoms with Crippen molar-refractivity contribution in [1.82, 2.24) is 9.47 Å². The van der Waals surface area contributed by atoms with Crippen molar-refractivity contribution < 1.29 is 29.0 Å². The van der Waals surface area contributed by atoms with Crippen LogP contribution in [0.25, 0.3) is 0 Å². The van der Waals surface area contributed by atoms with E-state index >= 15 is 0 Å². The number of rotatable bonds is 1. The number of hydrogen-bond acceptors (Lipinski definition) is 5. The fraction of sp³-hybridized carbons (Fsp3) is 0.611. The van der Waals surface area contributed by atoms with Crippen LogP contribution in [-0.4, -0.2) is 50.5 Å². The molecule has 1 aromatic rings. The van der Waals surface area contributed by atoms with Gasteiger partial charge in [0.25, 0.3) is 0 Å². The van der Waals surface area contributed by atoms with E-state index in [0.717, 1.165) is 4.57 Å². The number of fused-ring (bicyclic) bond motifs is 1. The van der Waals surface area contributed by atoms with E-state index in [0.29, 0.717) is 24.2 Å². The average Bonchev–Trinajstić information content (AvgIpc) is 2.82. The van der Waals surface area contributed by atoms with Gasteiger partial charge in [0, 0.05) is 18.7 Å². The van der Waals surface area contributed by atoms with Crippen LogP contribution in [0.5, 0.6) is 0 Å². The first-order chi connectivity index (χ1) is 11.8. The van der Waals surface area contributed by atoms with E-state index < -0.39 is 29.4 Å². The molecule has 8 heteroatoms. The third kappa shape index (κ3) is 4.56. The summed E-state index contributed by atoms with van der Waals surface area (Å²) in [6.07, 6.45) is -0.868. The molecule has 0 unspecified atom stereocenters. The van der Waals surface area contributed by atoms with Crippen molar-refractivity contribution in [3.05, 3.63) is 23.0 Å². The van der Waals surface area contributed by atoms with Gasteiger partial charge in [0.2, 0.25) is 0 Å². The summed E-state index contributed by atoms with van der Waals surface area (Å²) < 4.78 is 11.8. The summed E-state index contributed by atoms with van der Waals surface area (Å²) in [6.45, 7) is 11.0. The predicted molar refractivity (Wildman–Crippen MR) is 93.4 cm³/mol. The maximum absolute atomic E-state index is 12.5. The Labute approximate surface area is 152 Å². The third-order valence-electron chi connectivity index (χ3n) is 3.62. The zero-order chi connectivity index (χ0) is 19.9. The second kappa shape index (κ2) is 6.66. The quantitative estimate of drug-likeness (QED) is 0.819. The molecule has 0 radical (unpaired) electrons. The van der Waals surface area contributed by atoms with E-state index in [9.17, 15) is 19.5 Å². The van der Waals surface area contributed by atoms with Crippen molar-refractivity contribution in [1.29, 1.82) is 0 Å². The molecule has 0 spiro atoms. The number of ether oxygens (including phenoxy) is 2. The molecule has 0 atom stereocenters. The molecule has 0 aliphatic carbocycles. The zero-order valence-corrected chi connectivity index (χ0v) is 16.1. The summed E-state index contributed by atoms with van der Waals surface area (Å²) in [5.41, 5.74) is -0.384. The fourth-order valence-electron chi connectivity index (χ4n) is 2.69. The number of hydrogen-bond donors (Lipinski definition) is 1. The highest BCUT2D eigenvalue weighted by atomic mass is 16.6. The molecule has 1 N–H and O–H groups in total. The Morgan fingerprint density at radius 3 is 2.04 bits per heavy atom. The number of carboxylic acid groups (broad SMARTS) is 1. The average molecular weight is 366 g/mol. The molecule has 1 aliphatic rings. The first kappa shape index (κ1) is 19.8. The minimum absolute atomic E-state index is 0.171. The van der Waals surface area contributed by atoms with Gasteiger partial charge in [-0.15, -0.1) is 0 Å². The molecule has 1 aromatic heterocycles. The Morgan fingerprint density at radius 2 is 1.54 bits per heavy atom. The lowest BCUT2D eigenvalue weighted by Crippen LogP contribution is -2.40. The normalized spacial score (nSPS) is 14.6. The van der Waals surface area contributed by atoms with E-state index in [1.54, 1.807) is 41.5 Å². The van der Waals surface area contributed by atoms with E-state index in [1.165, 1.54) is 11.0 Å². The third-order valence-corrected chi connectivity index (χ3v) is 3.62. The van der Waals surface area contributed by atoms with Crippen LogP contribution in [0.15, 0.2) is 6.07 Å². The van der Waals surface area contributed by atoms with Crippen molar-refractivity contribution in [3.8, 4) is 0 Å². The van der Waals surface area contributed by atoms with Gasteiger partial charge in [-0.1, -0.05) is 0 Å². The summed E-state index contributed by atoms with van der Waals surface area (Å²) in [4.78, 5) is 37.8.